The maximum absolute atomic E-state index is 12.1. The molecule has 4 nitrogen and oxygen atoms in total. The summed E-state index contributed by atoms with van der Waals surface area (Å²) in [4.78, 5) is 11.8. The first-order chi connectivity index (χ1) is 10.4. The van der Waals surface area contributed by atoms with E-state index >= 15 is 0 Å². The van der Waals surface area contributed by atoms with E-state index in [1.54, 1.807) is 18.2 Å². The average Bonchev–Trinajstić information content (AvgIpc) is 2.45. The number of halogens is 1. The van der Waals surface area contributed by atoms with Crippen molar-refractivity contribution in [2.24, 2.45) is 0 Å². The van der Waals surface area contributed by atoms with Crippen LogP contribution in [0.15, 0.2) is 59.1 Å². The van der Waals surface area contributed by atoms with Gasteiger partial charge in [-0.3, -0.25) is 4.79 Å². The quantitative estimate of drug-likeness (QED) is 0.836. The second-order valence-electron chi connectivity index (χ2n) is 4.92. The number of nitrogens with one attached hydrogen (secondary N) is 1. The number of carbonyl (C=O) groups excluding carboxylic acids is 1. The molecule has 0 saturated heterocycles. The van der Waals surface area contributed by atoms with Crippen LogP contribution >= 0.6 is 15.9 Å². The lowest BCUT2D eigenvalue weighted by atomic mass is 10.2. The minimum absolute atomic E-state index is 0.148. The predicted molar refractivity (Wildman–Crippen MR) is 89.9 cm³/mol. The summed E-state index contributed by atoms with van der Waals surface area (Å²) in [5.74, 6) is -1.14. The number of sulfone groups is 1. The number of carbonyl (C=O) groups is 1. The highest BCUT2D eigenvalue weighted by molar-refractivity contribution is 9.10. The number of amides is 1. The van der Waals surface area contributed by atoms with Gasteiger partial charge in [0.1, 0.15) is 5.75 Å². The van der Waals surface area contributed by atoms with Gasteiger partial charge >= 0.3 is 0 Å². The molecule has 0 atom stereocenters. The molecule has 116 valence electrons. The van der Waals surface area contributed by atoms with Gasteiger partial charge in [0.2, 0.25) is 5.91 Å². The summed E-state index contributed by atoms with van der Waals surface area (Å²) in [5.41, 5.74) is 1.59. The van der Waals surface area contributed by atoms with E-state index < -0.39 is 21.5 Å². The van der Waals surface area contributed by atoms with Gasteiger partial charge in [-0.25, -0.2) is 8.42 Å². The minimum atomic E-state index is -3.49. The fraction of sp³-hybridized carbons (Fsp3) is 0.188. The van der Waals surface area contributed by atoms with Gasteiger partial charge < -0.3 is 5.32 Å². The van der Waals surface area contributed by atoms with Gasteiger partial charge in [-0.1, -0.05) is 58.4 Å². The number of rotatable bonds is 6. The standard InChI is InChI=1S/C16H16BrNO3S/c17-15-8-4-7-14(9-15)11-22(20,21)12-16(19)18-10-13-5-2-1-3-6-13/h1-9H,10-12H2,(H,18,19). The maximum Gasteiger partial charge on any atom is 0.235 e. The summed E-state index contributed by atoms with van der Waals surface area (Å²) in [5, 5.41) is 2.62. The molecule has 2 aromatic rings. The highest BCUT2D eigenvalue weighted by Gasteiger charge is 2.17. The van der Waals surface area contributed by atoms with E-state index in [1.807, 2.05) is 36.4 Å². The van der Waals surface area contributed by atoms with E-state index in [9.17, 15) is 13.2 Å². The van der Waals surface area contributed by atoms with Gasteiger partial charge in [0.25, 0.3) is 0 Å². The lowest BCUT2D eigenvalue weighted by Crippen LogP contribution is -2.30. The Labute approximate surface area is 138 Å². The van der Waals surface area contributed by atoms with E-state index in [-0.39, 0.29) is 5.75 Å². The Hall–Kier alpha value is -1.66. The summed E-state index contributed by atoms with van der Waals surface area (Å²) >= 11 is 3.30. The molecule has 2 rings (SSSR count). The lowest BCUT2D eigenvalue weighted by molar-refractivity contribution is -0.118. The molecule has 0 saturated carbocycles. The summed E-state index contributed by atoms with van der Waals surface area (Å²) in [6.07, 6.45) is 0. The Kier molecular flexibility index (Phi) is 5.74. The monoisotopic (exact) mass is 381 g/mol. The molecule has 0 aliphatic carbocycles. The molecule has 0 aliphatic rings. The van der Waals surface area contributed by atoms with Crippen LogP contribution in [0.25, 0.3) is 0 Å². The molecule has 0 heterocycles. The van der Waals surface area contributed by atoms with Crippen LogP contribution < -0.4 is 5.32 Å². The molecule has 1 N–H and O–H groups in total. The normalized spacial score (nSPS) is 11.1. The molecule has 0 fully saturated rings. The van der Waals surface area contributed by atoms with E-state index in [4.69, 9.17) is 0 Å². The third-order valence-corrected chi connectivity index (χ3v) is 4.93. The van der Waals surface area contributed by atoms with Crippen LogP contribution in [0, 0.1) is 0 Å². The van der Waals surface area contributed by atoms with Gasteiger partial charge in [0, 0.05) is 11.0 Å². The first-order valence-corrected chi connectivity index (χ1v) is 9.31. The fourth-order valence-electron chi connectivity index (χ4n) is 1.98. The molecule has 0 aliphatic heterocycles. The van der Waals surface area contributed by atoms with Crippen molar-refractivity contribution in [2.45, 2.75) is 12.3 Å². The van der Waals surface area contributed by atoms with Crippen LogP contribution in [0.4, 0.5) is 0 Å². The highest BCUT2D eigenvalue weighted by atomic mass is 79.9. The van der Waals surface area contributed by atoms with E-state index in [2.05, 4.69) is 21.2 Å². The van der Waals surface area contributed by atoms with Gasteiger partial charge in [-0.15, -0.1) is 0 Å². The van der Waals surface area contributed by atoms with Crippen LogP contribution in [-0.2, 0) is 26.9 Å². The predicted octanol–water partition coefficient (Wildman–Crippen LogP) is 2.68. The van der Waals surface area contributed by atoms with Crippen LogP contribution in [0.5, 0.6) is 0 Å². The molecule has 1 amide bonds. The molecule has 0 bridgehead atoms. The second kappa shape index (κ2) is 7.56. The molecule has 2 aromatic carbocycles. The largest absolute Gasteiger partial charge is 0.351 e. The van der Waals surface area contributed by atoms with Crippen LogP contribution in [0.2, 0.25) is 0 Å². The van der Waals surface area contributed by atoms with Gasteiger partial charge in [-0.05, 0) is 23.3 Å². The summed E-state index contributed by atoms with van der Waals surface area (Å²) < 4.78 is 24.9. The van der Waals surface area contributed by atoms with Crippen LogP contribution in [0.3, 0.4) is 0 Å². The minimum Gasteiger partial charge on any atom is -0.351 e. The number of benzene rings is 2. The Balaban J connectivity index is 1.89. The van der Waals surface area contributed by atoms with Crippen molar-refractivity contribution in [3.8, 4) is 0 Å². The molecule has 0 radical (unpaired) electrons. The third-order valence-electron chi connectivity index (χ3n) is 2.96. The van der Waals surface area contributed by atoms with E-state index in [0.717, 1.165) is 10.0 Å². The zero-order valence-corrected chi connectivity index (χ0v) is 14.2. The van der Waals surface area contributed by atoms with Crippen molar-refractivity contribution in [3.63, 3.8) is 0 Å². The smallest absolute Gasteiger partial charge is 0.235 e. The molecule has 22 heavy (non-hydrogen) atoms. The van der Waals surface area contributed by atoms with Gasteiger partial charge in [0.15, 0.2) is 9.84 Å². The van der Waals surface area contributed by atoms with Crippen molar-refractivity contribution >= 4 is 31.7 Å². The number of hydrogen-bond acceptors (Lipinski definition) is 3. The van der Waals surface area contributed by atoms with Crippen molar-refractivity contribution in [1.82, 2.24) is 5.32 Å². The highest BCUT2D eigenvalue weighted by Crippen LogP contribution is 2.14. The van der Waals surface area contributed by atoms with E-state index in [0.29, 0.717) is 12.1 Å². The second-order valence-corrected chi connectivity index (χ2v) is 7.90. The Morgan fingerprint density at radius 2 is 1.68 bits per heavy atom. The summed E-state index contributed by atoms with van der Waals surface area (Å²) in [6.45, 7) is 0.325. The Morgan fingerprint density at radius 3 is 2.36 bits per heavy atom. The topological polar surface area (TPSA) is 63.2 Å². The van der Waals surface area contributed by atoms with Gasteiger partial charge in [0.05, 0.1) is 5.75 Å². The Bertz CT molecular complexity index is 745. The summed E-state index contributed by atoms with van der Waals surface area (Å²) in [6, 6.07) is 16.4. The van der Waals surface area contributed by atoms with Crippen molar-refractivity contribution in [2.75, 3.05) is 5.75 Å². The molecule has 6 heteroatoms. The van der Waals surface area contributed by atoms with Crippen molar-refractivity contribution < 1.29 is 13.2 Å². The SMILES string of the molecule is O=C(CS(=O)(=O)Cc1cccc(Br)c1)NCc1ccccc1. The van der Waals surface area contributed by atoms with Gasteiger partial charge in [-0.2, -0.15) is 0 Å². The van der Waals surface area contributed by atoms with Crippen molar-refractivity contribution in [3.05, 3.63) is 70.2 Å². The molecule has 0 spiro atoms. The third kappa shape index (κ3) is 5.61. The van der Waals surface area contributed by atoms with E-state index in [1.165, 1.54) is 0 Å². The first-order valence-electron chi connectivity index (χ1n) is 6.70. The van der Waals surface area contributed by atoms with Crippen LogP contribution in [0.1, 0.15) is 11.1 Å². The van der Waals surface area contributed by atoms with Crippen molar-refractivity contribution in [1.29, 1.82) is 0 Å². The molecule has 0 aromatic heterocycles. The molecule has 0 unspecified atom stereocenters. The molecular formula is C16H16BrNO3S. The number of hydrogen-bond donors (Lipinski definition) is 1. The summed E-state index contributed by atoms with van der Waals surface area (Å²) in [7, 11) is -3.49. The first kappa shape index (κ1) is 16.7. The molecular weight excluding hydrogens is 366 g/mol. The zero-order chi connectivity index (χ0) is 16.0. The maximum atomic E-state index is 12.1. The fourth-order valence-corrected chi connectivity index (χ4v) is 3.72. The Morgan fingerprint density at radius 1 is 1.00 bits per heavy atom. The average molecular weight is 382 g/mol. The zero-order valence-electron chi connectivity index (χ0n) is 11.8. The van der Waals surface area contributed by atoms with Crippen LogP contribution in [-0.4, -0.2) is 20.1 Å². The lowest BCUT2D eigenvalue weighted by Gasteiger charge is -2.07.